The van der Waals surface area contributed by atoms with Gasteiger partial charge in [0.05, 0.1) is 21.3 Å². The quantitative estimate of drug-likeness (QED) is 0.490. The molecule has 2 aromatic rings. The number of hydrogen-bond acceptors (Lipinski definition) is 5. The molecule has 0 bridgehead atoms. The molecule has 34 heavy (non-hydrogen) atoms. The summed E-state index contributed by atoms with van der Waals surface area (Å²) < 4.78 is 16.4. The lowest BCUT2D eigenvalue weighted by Gasteiger charge is -2.27. The maximum atomic E-state index is 13.8. The average Bonchev–Trinajstić information content (AvgIpc) is 3.26. The van der Waals surface area contributed by atoms with Crippen LogP contribution in [0.2, 0.25) is 0 Å². The van der Waals surface area contributed by atoms with Crippen LogP contribution in [0.25, 0.3) is 6.08 Å². The molecule has 0 radical (unpaired) electrons. The van der Waals surface area contributed by atoms with E-state index in [1.54, 1.807) is 33.5 Å². The molecule has 1 aliphatic heterocycles. The molecule has 1 atom stereocenters. The highest BCUT2D eigenvalue weighted by Gasteiger charge is 2.25. The third-order valence-electron chi connectivity index (χ3n) is 6.63. The fraction of sp³-hybridized carbons (Fsp3) is 0.464. The van der Waals surface area contributed by atoms with Gasteiger partial charge in [0.15, 0.2) is 11.5 Å². The van der Waals surface area contributed by atoms with Gasteiger partial charge in [-0.25, -0.2) is 0 Å². The number of likely N-dealkylation sites (tertiary alicyclic amines) is 1. The molecule has 1 fully saturated rings. The highest BCUT2D eigenvalue weighted by Crippen LogP contribution is 2.38. The van der Waals surface area contributed by atoms with Gasteiger partial charge in [0, 0.05) is 24.7 Å². The second-order valence-corrected chi connectivity index (χ2v) is 9.05. The van der Waals surface area contributed by atoms with E-state index in [9.17, 15) is 4.79 Å². The van der Waals surface area contributed by atoms with Crippen molar-refractivity contribution in [3.05, 3.63) is 58.7 Å². The number of ether oxygens (including phenoxy) is 3. The molecule has 184 valence electrons. The van der Waals surface area contributed by atoms with E-state index in [2.05, 4.69) is 44.0 Å². The van der Waals surface area contributed by atoms with E-state index in [1.165, 1.54) is 24.0 Å². The fourth-order valence-corrected chi connectivity index (χ4v) is 4.65. The zero-order chi connectivity index (χ0) is 24.7. The summed E-state index contributed by atoms with van der Waals surface area (Å²) in [5.74, 6) is 1.40. The van der Waals surface area contributed by atoms with E-state index >= 15 is 0 Å². The molecule has 1 aliphatic rings. The molecule has 6 heteroatoms. The second-order valence-electron chi connectivity index (χ2n) is 9.05. The summed E-state index contributed by atoms with van der Waals surface area (Å²) in [6.07, 6.45) is 5.52. The summed E-state index contributed by atoms with van der Waals surface area (Å²) >= 11 is 0. The number of rotatable bonds is 10. The van der Waals surface area contributed by atoms with Crippen molar-refractivity contribution in [2.45, 2.75) is 39.2 Å². The predicted molar refractivity (Wildman–Crippen MR) is 137 cm³/mol. The van der Waals surface area contributed by atoms with Crippen molar-refractivity contribution in [1.82, 2.24) is 9.80 Å². The number of aryl methyl sites for hydroxylation is 1. The van der Waals surface area contributed by atoms with E-state index in [0.29, 0.717) is 41.9 Å². The maximum absolute atomic E-state index is 13.8. The summed E-state index contributed by atoms with van der Waals surface area (Å²) in [6, 6.07) is 12.3. The number of hydrogen-bond donors (Lipinski definition) is 0. The molecular formula is C28H38N2O4. The van der Waals surface area contributed by atoms with Gasteiger partial charge in [0.2, 0.25) is 5.75 Å². The van der Waals surface area contributed by atoms with Crippen molar-refractivity contribution in [2.24, 2.45) is 0 Å². The molecular weight excluding hydrogens is 428 g/mol. The third-order valence-corrected chi connectivity index (χ3v) is 6.63. The van der Waals surface area contributed by atoms with E-state index in [-0.39, 0.29) is 5.91 Å². The largest absolute Gasteiger partial charge is 0.493 e. The van der Waals surface area contributed by atoms with Crippen LogP contribution in [-0.2, 0) is 0 Å². The summed E-state index contributed by atoms with van der Waals surface area (Å²) in [5.41, 5.74) is 4.06. The highest BCUT2D eigenvalue weighted by molar-refractivity contribution is 5.96. The van der Waals surface area contributed by atoms with Crippen LogP contribution in [0.1, 0.15) is 47.7 Å². The monoisotopic (exact) mass is 466 g/mol. The Morgan fingerprint density at radius 1 is 1.12 bits per heavy atom. The van der Waals surface area contributed by atoms with Gasteiger partial charge >= 0.3 is 0 Å². The summed E-state index contributed by atoms with van der Waals surface area (Å²) in [5, 5.41) is 0. The van der Waals surface area contributed by atoms with Crippen molar-refractivity contribution >= 4 is 12.0 Å². The third kappa shape index (κ3) is 6.11. The van der Waals surface area contributed by atoms with Gasteiger partial charge in [0.1, 0.15) is 0 Å². The highest BCUT2D eigenvalue weighted by atomic mass is 16.5. The van der Waals surface area contributed by atoms with Gasteiger partial charge in [-0.2, -0.15) is 0 Å². The van der Waals surface area contributed by atoms with Crippen LogP contribution >= 0.6 is 0 Å². The first-order valence-corrected chi connectivity index (χ1v) is 11.9. The first-order chi connectivity index (χ1) is 16.4. The molecule has 0 aromatic heterocycles. The minimum atomic E-state index is -0.0440. The predicted octanol–water partition coefficient (Wildman–Crippen LogP) is 5.05. The van der Waals surface area contributed by atoms with E-state index < -0.39 is 0 Å². The zero-order valence-corrected chi connectivity index (χ0v) is 21.4. The second kappa shape index (κ2) is 11.9. The van der Waals surface area contributed by atoms with Gasteiger partial charge in [0.25, 0.3) is 5.91 Å². The van der Waals surface area contributed by atoms with Crippen molar-refractivity contribution in [2.75, 3.05) is 48.0 Å². The Hall–Kier alpha value is -2.99. The zero-order valence-electron chi connectivity index (χ0n) is 21.4. The van der Waals surface area contributed by atoms with E-state index in [4.69, 9.17) is 14.2 Å². The Morgan fingerprint density at radius 2 is 1.79 bits per heavy atom. The Labute approximate surface area is 204 Å². The lowest BCUT2D eigenvalue weighted by Crippen LogP contribution is -2.37. The molecule has 1 unspecified atom stereocenters. The molecule has 0 spiro atoms. The Balaban J connectivity index is 1.89. The Kier molecular flexibility index (Phi) is 8.99. The van der Waals surface area contributed by atoms with Gasteiger partial charge in [-0.15, -0.1) is 0 Å². The molecule has 0 saturated carbocycles. The summed E-state index contributed by atoms with van der Waals surface area (Å²) in [4.78, 5) is 18.1. The van der Waals surface area contributed by atoms with Crippen LogP contribution in [0.4, 0.5) is 0 Å². The van der Waals surface area contributed by atoms with E-state index in [0.717, 1.165) is 18.5 Å². The number of methoxy groups -OCH3 is 3. The van der Waals surface area contributed by atoms with Crippen molar-refractivity contribution < 1.29 is 19.0 Å². The lowest BCUT2D eigenvalue weighted by atomic mass is 10.0. The molecule has 1 amide bonds. The number of carbonyl (C=O) groups is 1. The number of nitrogens with zero attached hydrogens (tertiary/aromatic N) is 2. The first-order valence-electron chi connectivity index (χ1n) is 11.9. The minimum absolute atomic E-state index is 0.0440. The molecule has 3 rings (SSSR count). The summed E-state index contributed by atoms with van der Waals surface area (Å²) in [6.45, 7) is 6.55. The molecule has 6 nitrogen and oxygen atoms in total. The molecule has 1 heterocycles. The first kappa shape index (κ1) is 25.6. The van der Waals surface area contributed by atoms with Crippen molar-refractivity contribution in [3.8, 4) is 17.2 Å². The van der Waals surface area contributed by atoms with Gasteiger partial charge in [-0.05, 0) is 70.0 Å². The number of carbonyl (C=O) groups excluding carboxylic acids is 1. The van der Waals surface area contributed by atoms with Gasteiger partial charge in [-0.3, -0.25) is 4.79 Å². The molecule has 2 aromatic carbocycles. The fourth-order valence-electron chi connectivity index (χ4n) is 4.65. The molecule has 0 N–H and O–H groups in total. The number of benzene rings is 2. The smallest absolute Gasteiger partial charge is 0.254 e. The Morgan fingerprint density at radius 3 is 2.35 bits per heavy atom. The lowest BCUT2D eigenvalue weighted by molar-refractivity contribution is 0.0757. The minimum Gasteiger partial charge on any atom is -0.493 e. The van der Waals surface area contributed by atoms with Crippen LogP contribution in [0.3, 0.4) is 0 Å². The topological polar surface area (TPSA) is 51.2 Å². The van der Waals surface area contributed by atoms with Crippen LogP contribution in [-0.4, -0.2) is 69.8 Å². The molecule has 1 saturated heterocycles. The maximum Gasteiger partial charge on any atom is 0.254 e. The van der Waals surface area contributed by atoms with Gasteiger partial charge < -0.3 is 24.0 Å². The van der Waals surface area contributed by atoms with Gasteiger partial charge in [-0.1, -0.05) is 35.9 Å². The number of amides is 1. The van der Waals surface area contributed by atoms with Crippen LogP contribution in [0, 0.1) is 6.92 Å². The summed E-state index contributed by atoms with van der Waals surface area (Å²) in [7, 11) is 6.86. The van der Waals surface area contributed by atoms with Crippen LogP contribution in [0.5, 0.6) is 17.2 Å². The Bertz CT molecular complexity index is 992. The van der Waals surface area contributed by atoms with Crippen molar-refractivity contribution in [1.29, 1.82) is 0 Å². The van der Waals surface area contributed by atoms with E-state index in [1.807, 2.05) is 17.0 Å². The van der Waals surface area contributed by atoms with Crippen molar-refractivity contribution in [3.63, 3.8) is 0 Å². The average molecular weight is 467 g/mol. The van der Waals surface area contributed by atoms with Crippen LogP contribution in [0.15, 0.2) is 42.0 Å². The SMILES string of the molecule is COc1cc(C(=O)N(CCC2CCCN2C)C/C(C)=C/c2ccccc2C)cc(OC)c1OC. The normalized spacial score (nSPS) is 16.4. The standard InChI is InChI=1S/C28H38N2O4/c1-20(16-22-11-8-7-10-21(22)2)19-30(15-13-24-12-9-14-29(24)3)28(31)23-17-25(32-4)27(34-6)26(18-23)33-5/h7-8,10-11,16-18,24H,9,12-15,19H2,1-6H3/b20-16+. The van der Waals surface area contributed by atoms with Crippen LogP contribution < -0.4 is 14.2 Å². The molecule has 0 aliphatic carbocycles.